The first-order chi connectivity index (χ1) is 11.1. The molecule has 1 aliphatic heterocycles. The molecule has 0 amide bonds. The van der Waals surface area contributed by atoms with Crippen LogP contribution in [0.1, 0.15) is 24.6 Å². The molecule has 0 aliphatic carbocycles. The van der Waals surface area contributed by atoms with Crippen molar-refractivity contribution in [3.05, 3.63) is 20.8 Å². The van der Waals surface area contributed by atoms with Crippen molar-refractivity contribution in [2.75, 3.05) is 40.5 Å². The fourth-order valence-corrected chi connectivity index (χ4v) is 4.14. The Morgan fingerprint density at radius 1 is 1.46 bits per heavy atom. The minimum atomic E-state index is -0.189. The van der Waals surface area contributed by atoms with Gasteiger partial charge in [-0.15, -0.1) is 35.3 Å². The lowest BCUT2D eigenvalue weighted by Gasteiger charge is -2.35. The van der Waals surface area contributed by atoms with E-state index in [1.807, 2.05) is 0 Å². The van der Waals surface area contributed by atoms with Crippen molar-refractivity contribution in [2.45, 2.75) is 31.9 Å². The number of thiophene rings is 1. The molecule has 0 atom stereocenters. The van der Waals surface area contributed by atoms with Crippen LogP contribution in [0.15, 0.2) is 20.9 Å². The van der Waals surface area contributed by atoms with Gasteiger partial charge in [-0.1, -0.05) is 0 Å². The molecule has 1 aliphatic rings. The molecule has 24 heavy (non-hydrogen) atoms. The van der Waals surface area contributed by atoms with Gasteiger partial charge in [-0.3, -0.25) is 4.99 Å². The van der Waals surface area contributed by atoms with Crippen molar-refractivity contribution in [3.63, 3.8) is 0 Å². The number of hydrogen-bond donors (Lipinski definition) is 1. The third-order valence-corrected chi connectivity index (χ3v) is 5.68. The van der Waals surface area contributed by atoms with E-state index in [2.05, 4.69) is 52.3 Å². The summed E-state index contributed by atoms with van der Waals surface area (Å²) >= 11 is 5.27. The highest BCUT2D eigenvalue weighted by atomic mass is 127. The predicted octanol–water partition coefficient (Wildman–Crippen LogP) is 3.72. The summed E-state index contributed by atoms with van der Waals surface area (Å²) < 4.78 is 12.4. The average molecular weight is 532 g/mol. The monoisotopic (exact) mass is 531 g/mol. The fraction of sp³-hybridized carbons (Fsp3) is 0.688. The van der Waals surface area contributed by atoms with E-state index in [-0.39, 0.29) is 29.6 Å². The summed E-state index contributed by atoms with van der Waals surface area (Å²) in [5.41, 5.74) is -0.189. The number of nitrogens with zero attached hydrogens (tertiary/aromatic N) is 2. The zero-order chi connectivity index (χ0) is 16.7. The van der Waals surface area contributed by atoms with E-state index in [0.29, 0.717) is 6.54 Å². The van der Waals surface area contributed by atoms with Crippen molar-refractivity contribution >= 4 is 57.2 Å². The first kappa shape index (κ1) is 22.1. The van der Waals surface area contributed by atoms with E-state index >= 15 is 0 Å². The summed E-state index contributed by atoms with van der Waals surface area (Å²) in [7, 11) is 3.85. The molecule has 0 bridgehead atoms. The highest BCUT2D eigenvalue weighted by molar-refractivity contribution is 14.0. The van der Waals surface area contributed by atoms with Crippen LogP contribution in [-0.2, 0) is 16.0 Å². The molecule has 0 unspecified atom stereocenters. The summed E-state index contributed by atoms with van der Waals surface area (Å²) in [4.78, 5) is 8.29. The lowest BCUT2D eigenvalue weighted by molar-refractivity contribution is -0.0829. The lowest BCUT2D eigenvalue weighted by atomic mass is 9.94. The van der Waals surface area contributed by atoms with E-state index in [1.165, 1.54) is 4.88 Å². The van der Waals surface area contributed by atoms with Crippen LogP contribution in [0.25, 0.3) is 0 Å². The summed E-state index contributed by atoms with van der Waals surface area (Å²) in [6, 6.07) is 4.23. The largest absolute Gasteiger partial charge is 0.381 e. The topological polar surface area (TPSA) is 46.1 Å². The van der Waals surface area contributed by atoms with Crippen LogP contribution >= 0.6 is 51.2 Å². The van der Waals surface area contributed by atoms with Gasteiger partial charge in [0, 0.05) is 51.6 Å². The molecule has 1 fully saturated rings. The third kappa shape index (κ3) is 6.44. The van der Waals surface area contributed by atoms with E-state index < -0.39 is 0 Å². The van der Waals surface area contributed by atoms with Crippen LogP contribution in [-0.4, -0.2) is 56.9 Å². The molecule has 138 valence electrons. The number of halogens is 2. The lowest BCUT2D eigenvalue weighted by Crippen LogP contribution is -2.44. The van der Waals surface area contributed by atoms with Crippen molar-refractivity contribution in [2.24, 2.45) is 4.99 Å². The number of nitrogens with one attached hydrogen (secondary N) is 1. The maximum absolute atomic E-state index is 5.77. The second-order valence-electron chi connectivity index (χ2n) is 5.73. The standard InChI is InChI=1S/C16H26BrN3O2S.HI/c1-4-18-15(20(2)11-13-5-6-14(17)23-13)19-12-16(21-3)7-9-22-10-8-16;/h5-6H,4,7-12H2,1-3H3,(H,18,19);1H. The number of aliphatic imine (C=N–C) groups is 1. The minimum Gasteiger partial charge on any atom is -0.381 e. The van der Waals surface area contributed by atoms with Gasteiger partial charge >= 0.3 is 0 Å². The Morgan fingerprint density at radius 3 is 2.71 bits per heavy atom. The van der Waals surface area contributed by atoms with Gasteiger partial charge in [0.2, 0.25) is 0 Å². The van der Waals surface area contributed by atoms with Crippen LogP contribution < -0.4 is 5.32 Å². The van der Waals surface area contributed by atoms with Gasteiger partial charge in [0.05, 0.1) is 22.5 Å². The van der Waals surface area contributed by atoms with Gasteiger partial charge in [0.25, 0.3) is 0 Å². The average Bonchev–Trinajstić information content (AvgIpc) is 2.97. The highest BCUT2D eigenvalue weighted by Crippen LogP contribution is 2.25. The quantitative estimate of drug-likeness (QED) is 0.345. The summed E-state index contributed by atoms with van der Waals surface area (Å²) in [6.45, 7) is 5.93. The molecule has 1 aromatic rings. The molecular formula is C16H27BrIN3O2S. The van der Waals surface area contributed by atoms with Crippen LogP contribution in [0, 0.1) is 0 Å². The van der Waals surface area contributed by atoms with Crippen molar-refractivity contribution in [3.8, 4) is 0 Å². The Hall–Kier alpha value is 0.1000. The SMILES string of the molecule is CCNC(=NCC1(OC)CCOCC1)N(C)Cc1ccc(Br)s1.I. The Balaban J connectivity index is 0.00000288. The van der Waals surface area contributed by atoms with Crippen LogP contribution in [0.3, 0.4) is 0 Å². The first-order valence-electron chi connectivity index (χ1n) is 7.95. The fourth-order valence-electron chi connectivity index (χ4n) is 2.60. The molecule has 1 aromatic heterocycles. The Bertz CT molecular complexity index is 521. The molecule has 0 aromatic carbocycles. The normalized spacial score (nSPS) is 17.2. The predicted molar refractivity (Wildman–Crippen MR) is 115 cm³/mol. The molecule has 8 heteroatoms. The number of ether oxygens (including phenoxy) is 2. The summed E-state index contributed by atoms with van der Waals surface area (Å²) in [5.74, 6) is 0.917. The molecule has 2 heterocycles. The van der Waals surface area contributed by atoms with Crippen LogP contribution in [0.2, 0.25) is 0 Å². The molecular weight excluding hydrogens is 505 g/mol. The zero-order valence-corrected chi connectivity index (χ0v) is 19.2. The number of hydrogen-bond acceptors (Lipinski definition) is 4. The second kappa shape index (κ2) is 10.9. The molecule has 2 rings (SSSR count). The van der Waals surface area contributed by atoms with Gasteiger partial charge < -0.3 is 19.7 Å². The number of rotatable bonds is 6. The Labute approximate surface area is 174 Å². The van der Waals surface area contributed by atoms with E-state index in [0.717, 1.165) is 48.9 Å². The van der Waals surface area contributed by atoms with E-state index in [4.69, 9.17) is 14.5 Å². The molecule has 0 spiro atoms. The molecule has 1 N–H and O–H groups in total. The maximum Gasteiger partial charge on any atom is 0.194 e. The molecule has 1 saturated heterocycles. The molecule has 0 radical (unpaired) electrons. The van der Waals surface area contributed by atoms with Crippen molar-refractivity contribution in [1.29, 1.82) is 0 Å². The van der Waals surface area contributed by atoms with Gasteiger partial charge in [-0.25, -0.2) is 0 Å². The highest BCUT2D eigenvalue weighted by Gasteiger charge is 2.32. The third-order valence-electron chi connectivity index (χ3n) is 4.07. The molecule has 5 nitrogen and oxygen atoms in total. The van der Waals surface area contributed by atoms with Crippen LogP contribution in [0.5, 0.6) is 0 Å². The van der Waals surface area contributed by atoms with E-state index in [9.17, 15) is 0 Å². The first-order valence-corrected chi connectivity index (χ1v) is 9.56. The van der Waals surface area contributed by atoms with Gasteiger partial charge in [0.15, 0.2) is 5.96 Å². The summed E-state index contributed by atoms with van der Waals surface area (Å²) in [6.07, 6.45) is 1.79. The molecule has 0 saturated carbocycles. The number of guanidine groups is 1. The van der Waals surface area contributed by atoms with Crippen molar-refractivity contribution < 1.29 is 9.47 Å². The van der Waals surface area contributed by atoms with Gasteiger partial charge in [0.1, 0.15) is 0 Å². The summed E-state index contributed by atoms with van der Waals surface area (Å²) in [5, 5.41) is 3.37. The Kier molecular flexibility index (Phi) is 10.1. The van der Waals surface area contributed by atoms with Crippen LogP contribution in [0.4, 0.5) is 0 Å². The zero-order valence-electron chi connectivity index (χ0n) is 14.5. The van der Waals surface area contributed by atoms with Crippen molar-refractivity contribution in [1.82, 2.24) is 10.2 Å². The maximum atomic E-state index is 5.77. The van der Waals surface area contributed by atoms with Gasteiger partial charge in [-0.05, 0) is 35.0 Å². The second-order valence-corrected chi connectivity index (χ2v) is 8.28. The smallest absolute Gasteiger partial charge is 0.194 e. The number of methoxy groups -OCH3 is 1. The van der Waals surface area contributed by atoms with Gasteiger partial charge in [-0.2, -0.15) is 0 Å². The van der Waals surface area contributed by atoms with E-state index in [1.54, 1.807) is 18.4 Å². The minimum absolute atomic E-state index is 0. The Morgan fingerprint density at radius 2 is 2.17 bits per heavy atom.